The van der Waals surface area contributed by atoms with Crippen LogP contribution in [-0.4, -0.2) is 28.1 Å². The lowest BCUT2D eigenvalue weighted by atomic mass is 9.44. The Labute approximate surface area is 169 Å². The van der Waals surface area contributed by atoms with Gasteiger partial charge >= 0.3 is 5.97 Å². The number of ketones is 1. The molecule has 0 heterocycles. The molecule has 0 amide bonds. The maximum absolute atomic E-state index is 13.3. The summed E-state index contributed by atoms with van der Waals surface area (Å²) in [7, 11) is 0. The van der Waals surface area contributed by atoms with Crippen LogP contribution in [0.15, 0.2) is 0 Å². The van der Waals surface area contributed by atoms with E-state index in [2.05, 4.69) is 20.8 Å². The van der Waals surface area contributed by atoms with E-state index in [4.69, 9.17) is 5.11 Å². The summed E-state index contributed by atoms with van der Waals surface area (Å²) in [5, 5.41) is 19.3. The van der Waals surface area contributed by atoms with E-state index < -0.39 is 5.97 Å². The fourth-order valence-electron chi connectivity index (χ4n) is 8.44. The van der Waals surface area contributed by atoms with Crippen LogP contribution < -0.4 is 0 Å². The average Bonchev–Trinajstić information content (AvgIpc) is 2.98. The molecule has 0 bridgehead atoms. The molecule has 0 radical (unpaired) electrons. The van der Waals surface area contributed by atoms with E-state index in [0.29, 0.717) is 41.8 Å². The van der Waals surface area contributed by atoms with E-state index >= 15 is 0 Å². The SMILES string of the molecule is C[C@@H](CCC(=O)O)[C@H]1CC[C@H]2[C@@H]3C(=O)C[C@@H]4C[C@H](O)CC[C@]4(C)[C@H]3CC[C@]12C. The number of carbonyl (C=O) groups excluding carboxylic acids is 1. The summed E-state index contributed by atoms with van der Waals surface area (Å²) < 4.78 is 0. The van der Waals surface area contributed by atoms with Crippen LogP contribution in [0.1, 0.15) is 85.0 Å². The molecular formula is C24H38O4. The Morgan fingerprint density at radius 1 is 1.11 bits per heavy atom. The first-order valence-electron chi connectivity index (χ1n) is 11.6. The van der Waals surface area contributed by atoms with Gasteiger partial charge in [-0.3, -0.25) is 9.59 Å². The van der Waals surface area contributed by atoms with Crippen molar-refractivity contribution in [3.8, 4) is 0 Å². The molecule has 4 saturated carbocycles. The Bertz CT molecular complexity index is 645. The van der Waals surface area contributed by atoms with Gasteiger partial charge in [-0.05, 0) is 91.8 Å². The molecule has 158 valence electrons. The maximum atomic E-state index is 13.3. The highest BCUT2D eigenvalue weighted by Crippen LogP contribution is 2.67. The minimum absolute atomic E-state index is 0.187. The number of hydrogen-bond donors (Lipinski definition) is 2. The van der Waals surface area contributed by atoms with Crippen molar-refractivity contribution >= 4 is 11.8 Å². The monoisotopic (exact) mass is 390 g/mol. The van der Waals surface area contributed by atoms with Crippen molar-refractivity contribution in [3.05, 3.63) is 0 Å². The second-order valence-electron chi connectivity index (χ2n) is 11.2. The van der Waals surface area contributed by atoms with Crippen molar-refractivity contribution in [2.24, 2.45) is 46.3 Å². The Kier molecular flexibility index (Phi) is 5.17. The number of rotatable bonds is 4. The fraction of sp³-hybridized carbons (Fsp3) is 0.917. The molecule has 28 heavy (non-hydrogen) atoms. The molecule has 4 heteroatoms. The minimum atomic E-state index is -0.698. The van der Waals surface area contributed by atoms with Crippen LogP contribution >= 0.6 is 0 Å². The van der Waals surface area contributed by atoms with Gasteiger partial charge in [0.05, 0.1) is 6.10 Å². The van der Waals surface area contributed by atoms with Gasteiger partial charge in [0.1, 0.15) is 5.78 Å². The second kappa shape index (κ2) is 7.11. The summed E-state index contributed by atoms with van der Waals surface area (Å²) in [5.74, 6) is 2.25. The van der Waals surface area contributed by atoms with Gasteiger partial charge in [0, 0.05) is 18.8 Å². The molecule has 2 N–H and O–H groups in total. The van der Waals surface area contributed by atoms with Crippen molar-refractivity contribution in [1.82, 2.24) is 0 Å². The van der Waals surface area contributed by atoms with Gasteiger partial charge in [-0.25, -0.2) is 0 Å². The first kappa shape index (κ1) is 20.4. The highest BCUT2D eigenvalue weighted by molar-refractivity contribution is 5.83. The molecule has 0 saturated heterocycles. The topological polar surface area (TPSA) is 74.6 Å². The number of hydrogen-bond acceptors (Lipinski definition) is 3. The van der Waals surface area contributed by atoms with Crippen LogP contribution in [0.3, 0.4) is 0 Å². The van der Waals surface area contributed by atoms with Crippen LogP contribution in [0, 0.1) is 46.3 Å². The maximum Gasteiger partial charge on any atom is 0.303 e. The van der Waals surface area contributed by atoms with Crippen LogP contribution in [-0.2, 0) is 9.59 Å². The molecule has 0 aliphatic heterocycles. The van der Waals surface area contributed by atoms with Crippen molar-refractivity contribution in [2.75, 3.05) is 0 Å². The third-order valence-electron chi connectivity index (χ3n) is 10.0. The lowest BCUT2D eigenvalue weighted by Crippen LogP contribution is -2.57. The standard InChI is InChI=1S/C24H38O4/c1-14(4-7-21(27)28)17-5-6-18-22-19(9-11-24(17,18)3)23(2)10-8-16(25)12-15(23)13-20(22)26/h14-19,22,25H,4-13H2,1-3H3,(H,27,28)/t14-,15-,16+,17+,18-,19-,22-,23-,24+/m0/s1. The van der Waals surface area contributed by atoms with Gasteiger partial charge in [0.25, 0.3) is 0 Å². The Balaban J connectivity index is 1.56. The smallest absolute Gasteiger partial charge is 0.303 e. The van der Waals surface area contributed by atoms with E-state index in [1.54, 1.807) is 0 Å². The molecule has 0 spiro atoms. The number of aliphatic hydroxyl groups is 1. The molecule has 4 aliphatic carbocycles. The highest BCUT2D eigenvalue weighted by Gasteiger charge is 2.62. The lowest BCUT2D eigenvalue weighted by molar-refractivity contribution is -0.160. The predicted molar refractivity (Wildman–Crippen MR) is 108 cm³/mol. The van der Waals surface area contributed by atoms with Crippen LogP contribution in [0.4, 0.5) is 0 Å². The largest absolute Gasteiger partial charge is 0.481 e. The van der Waals surface area contributed by atoms with Crippen molar-refractivity contribution < 1.29 is 19.8 Å². The van der Waals surface area contributed by atoms with E-state index in [0.717, 1.165) is 44.9 Å². The van der Waals surface area contributed by atoms with E-state index in [9.17, 15) is 14.7 Å². The summed E-state index contributed by atoms with van der Waals surface area (Å²) in [5.41, 5.74) is 0.401. The number of carbonyl (C=O) groups is 2. The third-order valence-corrected chi connectivity index (χ3v) is 10.0. The zero-order chi connectivity index (χ0) is 20.3. The van der Waals surface area contributed by atoms with Crippen LogP contribution in [0.2, 0.25) is 0 Å². The second-order valence-corrected chi connectivity index (χ2v) is 11.2. The summed E-state index contributed by atoms with van der Waals surface area (Å²) >= 11 is 0. The Morgan fingerprint density at radius 3 is 2.50 bits per heavy atom. The minimum Gasteiger partial charge on any atom is -0.481 e. The van der Waals surface area contributed by atoms with Crippen molar-refractivity contribution in [1.29, 1.82) is 0 Å². The molecule has 4 fully saturated rings. The van der Waals surface area contributed by atoms with Crippen LogP contribution in [0.5, 0.6) is 0 Å². The van der Waals surface area contributed by atoms with Gasteiger partial charge in [0.2, 0.25) is 0 Å². The molecule has 9 atom stereocenters. The molecule has 4 nitrogen and oxygen atoms in total. The highest BCUT2D eigenvalue weighted by atomic mass is 16.4. The normalized spacial score (nSPS) is 49.1. The molecule has 0 aromatic heterocycles. The zero-order valence-electron chi connectivity index (χ0n) is 17.8. The van der Waals surface area contributed by atoms with Crippen molar-refractivity contribution in [3.63, 3.8) is 0 Å². The first-order chi connectivity index (χ1) is 13.2. The Hall–Kier alpha value is -0.900. The summed E-state index contributed by atoms with van der Waals surface area (Å²) in [4.78, 5) is 24.4. The number of fused-ring (bicyclic) bond motifs is 5. The van der Waals surface area contributed by atoms with Gasteiger partial charge in [0.15, 0.2) is 0 Å². The van der Waals surface area contributed by atoms with Gasteiger partial charge in [-0.1, -0.05) is 20.8 Å². The summed E-state index contributed by atoms with van der Waals surface area (Å²) in [6.07, 6.45) is 8.81. The van der Waals surface area contributed by atoms with Crippen molar-refractivity contribution in [2.45, 2.75) is 91.1 Å². The Morgan fingerprint density at radius 2 is 1.79 bits per heavy atom. The number of aliphatic carboxylic acids is 1. The number of Topliss-reactive ketones (excluding diaryl/α,β-unsaturated/α-hetero) is 1. The number of carboxylic acids is 1. The van der Waals surface area contributed by atoms with Gasteiger partial charge in [-0.2, -0.15) is 0 Å². The van der Waals surface area contributed by atoms with E-state index in [1.807, 2.05) is 0 Å². The molecule has 4 aliphatic rings. The zero-order valence-corrected chi connectivity index (χ0v) is 17.8. The number of aliphatic hydroxyl groups excluding tert-OH is 1. The van der Waals surface area contributed by atoms with E-state index in [-0.39, 0.29) is 29.3 Å². The molecule has 4 rings (SSSR count). The van der Waals surface area contributed by atoms with Gasteiger partial charge < -0.3 is 10.2 Å². The average molecular weight is 391 g/mol. The molecule has 0 aromatic rings. The third kappa shape index (κ3) is 3.05. The lowest BCUT2D eigenvalue weighted by Gasteiger charge is -2.60. The quantitative estimate of drug-likeness (QED) is 0.730. The molecule has 0 unspecified atom stereocenters. The van der Waals surface area contributed by atoms with Crippen LogP contribution in [0.25, 0.3) is 0 Å². The summed E-state index contributed by atoms with van der Waals surface area (Å²) in [6.45, 7) is 7.06. The van der Waals surface area contributed by atoms with E-state index in [1.165, 1.54) is 6.42 Å². The first-order valence-corrected chi connectivity index (χ1v) is 11.6. The number of carboxylic acid groups (broad SMARTS) is 1. The predicted octanol–water partition coefficient (Wildman–Crippen LogP) is 4.69. The molecular weight excluding hydrogens is 352 g/mol. The molecule has 0 aromatic carbocycles. The summed E-state index contributed by atoms with van der Waals surface area (Å²) in [6, 6.07) is 0. The fourth-order valence-corrected chi connectivity index (χ4v) is 8.44. The van der Waals surface area contributed by atoms with Gasteiger partial charge in [-0.15, -0.1) is 0 Å².